The molecule has 0 fully saturated rings. The Morgan fingerprint density at radius 3 is 0.984 bits per heavy atom. The third-order valence-electron chi connectivity index (χ3n) is 11.5. The molecule has 0 saturated carbocycles. The topological polar surface area (TPSA) is 78.9 Å². The van der Waals surface area contributed by atoms with Gasteiger partial charge in [-0.1, -0.05) is 223 Å². The van der Waals surface area contributed by atoms with Crippen molar-refractivity contribution in [2.24, 2.45) is 0 Å². The van der Waals surface area contributed by atoms with Gasteiger partial charge in [-0.3, -0.25) is 14.4 Å². The Labute approximate surface area is 390 Å². The number of carbonyl (C=O) groups excluding carboxylic acids is 3. The van der Waals surface area contributed by atoms with Crippen LogP contribution in [-0.2, 0) is 28.6 Å². The highest BCUT2D eigenvalue weighted by Gasteiger charge is 2.19. The minimum absolute atomic E-state index is 0.0839. The van der Waals surface area contributed by atoms with Crippen molar-refractivity contribution in [1.29, 1.82) is 0 Å². The first-order chi connectivity index (χ1) is 31.0. The molecule has 0 bridgehead atoms. The average molecular weight is 881 g/mol. The zero-order valence-electron chi connectivity index (χ0n) is 41.6. The maximum Gasteiger partial charge on any atom is 0.306 e. The van der Waals surface area contributed by atoms with Gasteiger partial charge in [0.1, 0.15) is 13.2 Å². The van der Waals surface area contributed by atoms with Crippen LogP contribution in [0, 0.1) is 0 Å². The number of allylic oxidation sites excluding steroid dienone is 10. The molecule has 0 saturated heterocycles. The van der Waals surface area contributed by atoms with E-state index in [1.54, 1.807) is 0 Å². The lowest BCUT2D eigenvalue weighted by Crippen LogP contribution is -2.30. The highest BCUT2D eigenvalue weighted by molar-refractivity contribution is 5.71. The zero-order chi connectivity index (χ0) is 45.8. The summed E-state index contributed by atoms with van der Waals surface area (Å²) in [5, 5.41) is 0. The van der Waals surface area contributed by atoms with E-state index in [0.717, 1.165) is 96.3 Å². The number of carbonyl (C=O) groups is 3. The Morgan fingerprint density at radius 2 is 0.619 bits per heavy atom. The normalized spacial score (nSPS) is 12.5. The maximum absolute atomic E-state index is 12.8. The van der Waals surface area contributed by atoms with Gasteiger partial charge >= 0.3 is 17.9 Å². The summed E-state index contributed by atoms with van der Waals surface area (Å²) in [6.45, 7) is 6.50. The summed E-state index contributed by atoms with van der Waals surface area (Å²) in [5.74, 6) is -0.907. The number of hydrogen-bond donors (Lipinski definition) is 0. The van der Waals surface area contributed by atoms with Crippen LogP contribution in [0.2, 0.25) is 0 Å². The van der Waals surface area contributed by atoms with E-state index in [2.05, 4.69) is 81.5 Å². The Morgan fingerprint density at radius 1 is 0.333 bits per heavy atom. The highest BCUT2D eigenvalue weighted by Crippen LogP contribution is 2.15. The molecule has 0 rings (SSSR count). The van der Waals surface area contributed by atoms with Crippen molar-refractivity contribution in [3.8, 4) is 0 Å². The Kier molecular flexibility index (Phi) is 49.4. The van der Waals surface area contributed by atoms with E-state index < -0.39 is 6.10 Å². The molecule has 0 aliphatic carbocycles. The third-order valence-corrected chi connectivity index (χ3v) is 11.5. The van der Waals surface area contributed by atoms with Gasteiger partial charge in [0.2, 0.25) is 0 Å². The van der Waals surface area contributed by atoms with Crippen LogP contribution in [-0.4, -0.2) is 37.2 Å². The van der Waals surface area contributed by atoms with Gasteiger partial charge in [0.25, 0.3) is 0 Å². The summed E-state index contributed by atoms with van der Waals surface area (Å²) in [6, 6.07) is 0. The molecular formula is C57H100O6. The summed E-state index contributed by atoms with van der Waals surface area (Å²) < 4.78 is 16.8. The first kappa shape index (κ1) is 60.1. The summed E-state index contributed by atoms with van der Waals surface area (Å²) >= 11 is 0. The maximum atomic E-state index is 12.8. The average Bonchev–Trinajstić information content (AvgIpc) is 3.28. The quantitative estimate of drug-likeness (QED) is 0.0262. The summed E-state index contributed by atoms with van der Waals surface area (Å²) in [7, 11) is 0. The van der Waals surface area contributed by atoms with Crippen molar-refractivity contribution in [2.45, 2.75) is 271 Å². The second kappa shape index (κ2) is 51.7. The molecule has 0 aliphatic rings. The monoisotopic (exact) mass is 881 g/mol. The molecule has 6 heteroatoms. The first-order valence-electron chi connectivity index (χ1n) is 26.8. The van der Waals surface area contributed by atoms with E-state index in [4.69, 9.17) is 14.2 Å². The molecule has 63 heavy (non-hydrogen) atoms. The fraction of sp³-hybridized carbons (Fsp3) is 0.772. The minimum Gasteiger partial charge on any atom is -0.462 e. The second-order valence-corrected chi connectivity index (χ2v) is 17.8. The molecule has 0 aromatic rings. The molecule has 0 radical (unpaired) electrons. The highest BCUT2D eigenvalue weighted by atomic mass is 16.6. The molecule has 0 heterocycles. The lowest BCUT2D eigenvalue weighted by molar-refractivity contribution is -0.167. The van der Waals surface area contributed by atoms with Gasteiger partial charge in [-0.2, -0.15) is 0 Å². The number of unbranched alkanes of at least 4 members (excludes halogenated alkanes) is 27. The van der Waals surface area contributed by atoms with Crippen LogP contribution in [0.25, 0.3) is 0 Å². The van der Waals surface area contributed by atoms with Crippen LogP contribution in [0.15, 0.2) is 60.8 Å². The van der Waals surface area contributed by atoms with Crippen LogP contribution in [0.5, 0.6) is 0 Å². The van der Waals surface area contributed by atoms with Gasteiger partial charge in [0.15, 0.2) is 6.10 Å². The lowest BCUT2D eigenvalue weighted by Gasteiger charge is -2.18. The molecule has 1 atom stereocenters. The van der Waals surface area contributed by atoms with Gasteiger partial charge in [0, 0.05) is 19.3 Å². The lowest BCUT2D eigenvalue weighted by atomic mass is 10.1. The van der Waals surface area contributed by atoms with Crippen molar-refractivity contribution in [2.75, 3.05) is 13.2 Å². The van der Waals surface area contributed by atoms with Crippen molar-refractivity contribution in [3.63, 3.8) is 0 Å². The standard InChI is InChI=1S/C57H100O6/c1-4-7-10-13-16-19-22-24-26-28-30-31-33-35-38-41-44-47-50-56(59)62-53-54(52-61-55(58)49-46-43-40-37-21-18-15-12-9-6-3)63-57(60)51-48-45-42-39-36-34-32-29-27-25-23-20-17-14-11-8-5-2/h8,11,17,20,25-28,32,34,54H,4-7,9-10,12-16,18-19,21-24,29-31,33,35-53H2,1-3H3/b11-8-,20-17-,27-25-,28-26-,34-32-. The van der Waals surface area contributed by atoms with Crippen LogP contribution < -0.4 is 0 Å². The second-order valence-electron chi connectivity index (χ2n) is 17.8. The smallest absolute Gasteiger partial charge is 0.306 e. The van der Waals surface area contributed by atoms with Gasteiger partial charge in [0.05, 0.1) is 0 Å². The molecule has 0 aromatic heterocycles. The Balaban J connectivity index is 4.37. The molecule has 0 amide bonds. The molecule has 1 unspecified atom stereocenters. The van der Waals surface area contributed by atoms with E-state index in [-0.39, 0.29) is 31.1 Å². The zero-order valence-corrected chi connectivity index (χ0v) is 41.6. The fourth-order valence-corrected chi connectivity index (χ4v) is 7.49. The van der Waals surface area contributed by atoms with Crippen LogP contribution in [0.1, 0.15) is 265 Å². The van der Waals surface area contributed by atoms with Gasteiger partial charge in [-0.05, 0) is 83.5 Å². The minimum atomic E-state index is -0.786. The van der Waals surface area contributed by atoms with E-state index in [1.807, 2.05) is 0 Å². The van der Waals surface area contributed by atoms with E-state index in [1.165, 1.54) is 128 Å². The number of esters is 3. The third kappa shape index (κ3) is 50.0. The number of rotatable bonds is 48. The Hall–Kier alpha value is -2.89. The predicted octanol–water partition coefficient (Wildman–Crippen LogP) is 17.6. The molecule has 0 spiro atoms. The molecule has 6 nitrogen and oxygen atoms in total. The summed E-state index contributed by atoms with van der Waals surface area (Å²) in [5.41, 5.74) is 0. The van der Waals surface area contributed by atoms with Crippen molar-refractivity contribution < 1.29 is 28.6 Å². The largest absolute Gasteiger partial charge is 0.462 e. The molecule has 0 aromatic carbocycles. The fourth-order valence-electron chi connectivity index (χ4n) is 7.49. The van der Waals surface area contributed by atoms with E-state index in [0.29, 0.717) is 19.3 Å². The van der Waals surface area contributed by atoms with Gasteiger partial charge in [-0.25, -0.2) is 0 Å². The van der Waals surface area contributed by atoms with Crippen LogP contribution in [0.3, 0.4) is 0 Å². The number of hydrogen-bond acceptors (Lipinski definition) is 6. The predicted molar refractivity (Wildman–Crippen MR) is 270 cm³/mol. The van der Waals surface area contributed by atoms with Crippen LogP contribution >= 0.6 is 0 Å². The summed E-state index contributed by atoms with van der Waals surface area (Å²) in [4.78, 5) is 38.0. The molecule has 0 aliphatic heterocycles. The van der Waals surface area contributed by atoms with Gasteiger partial charge in [-0.15, -0.1) is 0 Å². The van der Waals surface area contributed by atoms with E-state index >= 15 is 0 Å². The Bertz CT molecular complexity index is 1150. The van der Waals surface area contributed by atoms with Crippen molar-refractivity contribution >= 4 is 17.9 Å². The molecular weight excluding hydrogens is 781 g/mol. The van der Waals surface area contributed by atoms with Crippen molar-refractivity contribution in [3.05, 3.63) is 60.8 Å². The molecule has 364 valence electrons. The van der Waals surface area contributed by atoms with Crippen LogP contribution in [0.4, 0.5) is 0 Å². The number of ether oxygens (including phenoxy) is 3. The summed E-state index contributed by atoms with van der Waals surface area (Å²) in [6.07, 6.45) is 63.5. The SMILES string of the molecule is CC/C=C\C/C=C\C/C=C\C/C=C\CCCCCCC(=O)OC(COC(=O)CCCCCCCCC/C=C\CCCCCCCCC)COC(=O)CCCCCCCCCCCC. The van der Waals surface area contributed by atoms with Gasteiger partial charge < -0.3 is 14.2 Å². The molecule has 0 N–H and O–H groups in total. The van der Waals surface area contributed by atoms with Crippen molar-refractivity contribution in [1.82, 2.24) is 0 Å². The first-order valence-corrected chi connectivity index (χ1v) is 26.8. The van der Waals surface area contributed by atoms with E-state index in [9.17, 15) is 14.4 Å².